The number of nitrogens with zero attached hydrogens (tertiary/aromatic N) is 1. The molecule has 0 bridgehead atoms. The molecule has 2 rings (SSSR count). The number of carbonyl (C=O) groups excluding carboxylic acids is 2. The predicted molar refractivity (Wildman–Crippen MR) is 78.3 cm³/mol. The molecule has 1 aliphatic heterocycles. The molecule has 0 saturated carbocycles. The summed E-state index contributed by atoms with van der Waals surface area (Å²) in [4.78, 5) is 25.7. The number of likely N-dealkylation sites (tertiary alicyclic amines) is 1. The van der Waals surface area contributed by atoms with Crippen LogP contribution in [0.3, 0.4) is 0 Å². The van der Waals surface area contributed by atoms with E-state index in [0.717, 1.165) is 0 Å². The topological polar surface area (TPSA) is 78.9 Å². The smallest absolute Gasteiger partial charge is 0.257 e. The van der Waals surface area contributed by atoms with Crippen LogP contribution in [0.15, 0.2) is 23.8 Å². The lowest BCUT2D eigenvalue weighted by molar-refractivity contribution is -0.244. The lowest BCUT2D eigenvalue weighted by Gasteiger charge is -2.21. The standard InChI is InChI=1S/C16H19NO5/c1-9(2)17-8-12(18)14(16(17)20)15(19)11-6-5-10(21-3)7-13(11)22-4/h5-7,9,19H,8H2,1-4H3/p-1/b15-14-. The van der Waals surface area contributed by atoms with E-state index in [0.29, 0.717) is 5.75 Å². The summed E-state index contributed by atoms with van der Waals surface area (Å²) in [5.74, 6) is -0.811. The first-order chi connectivity index (χ1) is 10.4. The van der Waals surface area contributed by atoms with Gasteiger partial charge in [0.2, 0.25) is 0 Å². The van der Waals surface area contributed by atoms with E-state index in [-0.39, 0.29) is 29.5 Å². The summed E-state index contributed by atoms with van der Waals surface area (Å²) in [6, 6.07) is 4.48. The molecule has 6 heteroatoms. The first-order valence-corrected chi connectivity index (χ1v) is 6.88. The quantitative estimate of drug-likeness (QED) is 0.462. The fourth-order valence-electron chi connectivity index (χ4n) is 2.33. The minimum absolute atomic E-state index is 0.0595. The Morgan fingerprint density at radius 2 is 1.91 bits per heavy atom. The number of Topliss-reactive ketones (excluding diaryl/α,β-unsaturated/α-hetero) is 1. The van der Waals surface area contributed by atoms with E-state index in [4.69, 9.17) is 9.47 Å². The molecule has 1 amide bonds. The van der Waals surface area contributed by atoms with Gasteiger partial charge in [0.05, 0.1) is 26.3 Å². The number of hydrogen-bond donors (Lipinski definition) is 0. The molecule has 0 radical (unpaired) electrons. The highest BCUT2D eigenvalue weighted by Gasteiger charge is 2.35. The molecule has 0 aromatic heterocycles. The van der Waals surface area contributed by atoms with Crippen LogP contribution >= 0.6 is 0 Å². The van der Waals surface area contributed by atoms with Crippen molar-refractivity contribution in [2.75, 3.05) is 20.8 Å². The molecular weight excluding hydrogens is 286 g/mol. The Kier molecular flexibility index (Phi) is 4.40. The summed E-state index contributed by atoms with van der Waals surface area (Å²) in [6.07, 6.45) is 0. The van der Waals surface area contributed by atoms with Crippen molar-refractivity contribution in [2.45, 2.75) is 19.9 Å². The molecule has 1 aromatic rings. The molecule has 0 N–H and O–H groups in total. The third kappa shape index (κ3) is 2.64. The van der Waals surface area contributed by atoms with E-state index in [1.54, 1.807) is 19.9 Å². The van der Waals surface area contributed by atoms with Gasteiger partial charge in [-0.3, -0.25) is 9.59 Å². The summed E-state index contributed by atoms with van der Waals surface area (Å²) >= 11 is 0. The summed E-state index contributed by atoms with van der Waals surface area (Å²) in [7, 11) is 2.91. The van der Waals surface area contributed by atoms with Crippen LogP contribution in [0.25, 0.3) is 5.76 Å². The fraction of sp³-hybridized carbons (Fsp3) is 0.375. The molecule has 0 unspecified atom stereocenters. The second-order valence-electron chi connectivity index (χ2n) is 5.22. The van der Waals surface area contributed by atoms with E-state index in [2.05, 4.69) is 0 Å². The van der Waals surface area contributed by atoms with E-state index >= 15 is 0 Å². The lowest BCUT2D eigenvalue weighted by atomic mass is 10.1. The highest BCUT2D eigenvalue weighted by molar-refractivity contribution is 6.28. The zero-order valence-corrected chi connectivity index (χ0v) is 13.0. The van der Waals surface area contributed by atoms with Gasteiger partial charge in [0, 0.05) is 17.7 Å². The summed E-state index contributed by atoms with van der Waals surface area (Å²) in [6.45, 7) is 3.54. The van der Waals surface area contributed by atoms with Gasteiger partial charge in [-0.25, -0.2) is 0 Å². The van der Waals surface area contributed by atoms with Gasteiger partial charge in [0.25, 0.3) is 5.91 Å². The van der Waals surface area contributed by atoms with Crippen molar-refractivity contribution in [1.82, 2.24) is 4.90 Å². The van der Waals surface area contributed by atoms with Crippen LogP contribution < -0.4 is 14.6 Å². The number of methoxy groups -OCH3 is 2. The molecular formula is C16H18NO5-. The summed E-state index contributed by atoms with van der Waals surface area (Å²) < 4.78 is 10.2. The van der Waals surface area contributed by atoms with Crippen molar-refractivity contribution < 1.29 is 24.2 Å². The van der Waals surface area contributed by atoms with E-state index in [1.165, 1.54) is 31.3 Å². The number of carbonyl (C=O) groups is 2. The highest BCUT2D eigenvalue weighted by atomic mass is 16.5. The molecule has 1 heterocycles. The van der Waals surface area contributed by atoms with Crippen molar-refractivity contribution >= 4 is 17.4 Å². The van der Waals surface area contributed by atoms with Crippen LogP contribution in [0, 0.1) is 0 Å². The number of ketones is 1. The van der Waals surface area contributed by atoms with Crippen LogP contribution in [0.2, 0.25) is 0 Å². The summed E-state index contributed by atoms with van der Waals surface area (Å²) in [5.41, 5.74) is -0.136. The van der Waals surface area contributed by atoms with Gasteiger partial charge in [-0.05, 0) is 26.0 Å². The van der Waals surface area contributed by atoms with E-state index < -0.39 is 17.4 Å². The van der Waals surface area contributed by atoms with E-state index in [1.807, 2.05) is 0 Å². The molecule has 1 saturated heterocycles. The number of hydrogen-bond acceptors (Lipinski definition) is 5. The van der Waals surface area contributed by atoms with Gasteiger partial charge in [-0.2, -0.15) is 0 Å². The Bertz CT molecular complexity index is 648. The van der Waals surface area contributed by atoms with Gasteiger partial charge in [-0.15, -0.1) is 0 Å². The SMILES string of the molecule is COc1ccc(/C([O-])=C2\C(=O)CN(C(C)C)C2=O)c(OC)c1. The normalized spacial score (nSPS) is 17.2. The minimum atomic E-state index is -0.613. The first kappa shape index (κ1) is 15.9. The van der Waals surface area contributed by atoms with Crippen molar-refractivity contribution in [2.24, 2.45) is 0 Å². The average Bonchev–Trinajstić information content (AvgIpc) is 2.81. The van der Waals surface area contributed by atoms with Crippen LogP contribution in [0.4, 0.5) is 0 Å². The second kappa shape index (κ2) is 6.09. The van der Waals surface area contributed by atoms with Gasteiger partial charge in [-0.1, -0.05) is 5.76 Å². The molecule has 6 nitrogen and oxygen atoms in total. The maximum Gasteiger partial charge on any atom is 0.257 e. The van der Waals surface area contributed by atoms with Gasteiger partial charge < -0.3 is 19.5 Å². The molecule has 1 aliphatic rings. The molecule has 1 aromatic carbocycles. The summed E-state index contributed by atoms with van der Waals surface area (Å²) in [5, 5.41) is 12.6. The minimum Gasteiger partial charge on any atom is -0.871 e. The number of rotatable bonds is 4. The Balaban J connectivity index is 2.52. The van der Waals surface area contributed by atoms with Crippen LogP contribution in [-0.2, 0) is 9.59 Å². The first-order valence-electron chi connectivity index (χ1n) is 6.88. The largest absolute Gasteiger partial charge is 0.871 e. The van der Waals surface area contributed by atoms with Crippen molar-refractivity contribution in [1.29, 1.82) is 0 Å². The molecule has 0 atom stereocenters. The molecule has 1 fully saturated rings. The van der Waals surface area contributed by atoms with E-state index in [9.17, 15) is 14.7 Å². The van der Waals surface area contributed by atoms with Crippen molar-refractivity contribution in [3.63, 3.8) is 0 Å². The maximum absolute atomic E-state index is 12.6. The number of amides is 1. The Hall–Kier alpha value is -2.50. The van der Waals surface area contributed by atoms with Gasteiger partial charge >= 0.3 is 0 Å². The molecule has 0 aliphatic carbocycles. The average molecular weight is 304 g/mol. The number of benzene rings is 1. The second-order valence-corrected chi connectivity index (χ2v) is 5.22. The van der Waals surface area contributed by atoms with Crippen LogP contribution in [-0.4, -0.2) is 43.4 Å². The molecule has 0 spiro atoms. The van der Waals surface area contributed by atoms with Crippen molar-refractivity contribution in [3.05, 3.63) is 29.3 Å². The molecule has 118 valence electrons. The highest BCUT2D eigenvalue weighted by Crippen LogP contribution is 2.31. The third-order valence-corrected chi connectivity index (χ3v) is 3.57. The van der Waals surface area contributed by atoms with Crippen LogP contribution in [0.5, 0.6) is 11.5 Å². The number of ether oxygens (including phenoxy) is 2. The Labute approximate surface area is 128 Å². The van der Waals surface area contributed by atoms with Gasteiger partial charge in [0.15, 0.2) is 5.78 Å². The fourth-order valence-corrected chi connectivity index (χ4v) is 2.33. The maximum atomic E-state index is 12.6. The van der Waals surface area contributed by atoms with Gasteiger partial charge in [0.1, 0.15) is 11.5 Å². The monoisotopic (exact) mass is 304 g/mol. The lowest BCUT2D eigenvalue weighted by Crippen LogP contribution is -2.32. The Morgan fingerprint density at radius 3 is 2.41 bits per heavy atom. The zero-order valence-electron chi connectivity index (χ0n) is 13.0. The molecule has 22 heavy (non-hydrogen) atoms. The predicted octanol–water partition coefficient (Wildman–Crippen LogP) is 0.595. The van der Waals surface area contributed by atoms with Crippen LogP contribution in [0.1, 0.15) is 19.4 Å². The zero-order chi connectivity index (χ0) is 16.4. The third-order valence-electron chi connectivity index (χ3n) is 3.57. The Morgan fingerprint density at radius 1 is 1.23 bits per heavy atom. The van der Waals surface area contributed by atoms with Crippen molar-refractivity contribution in [3.8, 4) is 11.5 Å².